The Bertz CT molecular complexity index is 1240. The van der Waals surface area contributed by atoms with Gasteiger partial charge in [-0.1, -0.05) is 25.0 Å². The Balaban J connectivity index is 1.55. The second kappa shape index (κ2) is 9.88. The van der Waals surface area contributed by atoms with Gasteiger partial charge in [0.1, 0.15) is 0 Å². The first-order chi connectivity index (χ1) is 17.8. The summed E-state index contributed by atoms with van der Waals surface area (Å²) in [6.07, 6.45) is 3.07. The maximum absolute atomic E-state index is 13.9. The molecule has 5 rings (SSSR count). The number of nitrogens with zero attached hydrogens (tertiary/aromatic N) is 2. The molecule has 2 heterocycles. The molecule has 9 nitrogen and oxygen atoms in total. The summed E-state index contributed by atoms with van der Waals surface area (Å²) < 4.78 is 11.0. The number of carboxylic acid groups (broad SMARTS) is 1. The minimum absolute atomic E-state index is 0.0367. The maximum atomic E-state index is 13.9. The molecule has 3 atom stereocenters. The van der Waals surface area contributed by atoms with Crippen LogP contribution in [0.3, 0.4) is 0 Å². The first-order valence-corrected chi connectivity index (χ1v) is 12.6. The zero-order chi connectivity index (χ0) is 26.3. The lowest BCUT2D eigenvalue weighted by Crippen LogP contribution is -2.50. The van der Waals surface area contributed by atoms with Gasteiger partial charge in [0.05, 0.1) is 49.8 Å². The highest BCUT2D eigenvalue weighted by Crippen LogP contribution is 2.41. The molecule has 1 saturated carbocycles. The molecular formula is C28H30N2O7. The van der Waals surface area contributed by atoms with Crippen molar-refractivity contribution in [2.24, 2.45) is 11.8 Å². The molecule has 37 heavy (non-hydrogen) atoms. The van der Waals surface area contributed by atoms with Crippen LogP contribution in [-0.2, 0) is 16.0 Å². The van der Waals surface area contributed by atoms with Crippen LogP contribution in [0.1, 0.15) is 63.6 Å². The Labute approximate surface area is 214 Å². The number of aliphatic carboxylic acids is 1. The van der Waals surface area contributed by atoms with Gasteiger partial charge in [0, 0.05) is 6.54 Å². The molecule has 2 aliphatic heterocycles. The summed E-state index contributed by atoms with van der Waals surface area (Å²) in [5.74, 6) is -2.36. The number of methoxy groups -OCH3 is 2. The van der Waals surface area contributed by atoms with E-state index in [0.717, 1.165) is 24.0 Å². The molecule has 0 aromatic heterocycles. The minimum Gasteiger partial charge on any atom is -0.493 e. The molecule has 0 saturated heterocycles. The van der Waals surface area contributed by atoms with Crippen molar-refractivity contribution in [1.82, 2.24) is 9.80 Å². The Morgan fingerprint density at radius 2 is 1.54 bits per heavy atom. The van der Waals surface area contributed by atoms with E-state index in [2.05, 4.69) is 0 Å². The Kier molecular flexibility index (Phi) is 6.62. The van der Waals surface area contributed by atoms with Crippen LogP contribution in [0.5, 0.6) is 11.5 Å². The first kappa shape index (κ1) is 24.8. The standard InChI is InChI=1S/C28H30N2O7/c1-36-23-13-16-11-12-29(25(31)19-9-5-6-10-20(19)28(34)35)22(21(16)14-24(23)37-2)15-30-26(32)17-7-3-4-8-18(17)27(30)33/h3-4,7-8,13-14,19-20,22H,5-6,9-12,15H2,1-2H3,(H,34,35)/t19?,20?,22-/m1/s1. The van der Waals surface area contributed by atoms with Crippen molar-refractivity contribution in [3.05, 3.63) is 58.7 Å². The fraction of sp³-hybridized carbons (Fsp3) is 0.429. The van der Waals surface area contributed by atoms with Gasteiger partial charge in [-0.25, -0.2) is 0 Å². The van der Waals surface area contributed by atoms with Gasteiger partial charge in [-0.2, -0.15) is 0 Å². The number of carbonyl (C=O) groups is 4. The predicted octanol–water partition coefficient (Wildman–Crippen LogP) is 3.32. The van der Waals surface area contributed by atoms with Gasteiger partial charge in [-0.15, -0.1) is 0 Å². The molecule has 2 aromatic carbocycles. The van der Waals surface area contributed by atoms with Crippen molar-refractivity contribution in [2.75, 3.05) is 27.3 Å². The van der Waals surface area contributed by atoms with Gasteiger partial charge in [-0.3, -0.25) is 24.1 Å². The molecule has 1 N–H and O–H groups in total. The number of amides is 3. The molecule has 2 aromatic rings. The van der Waals surface area contributed by atoms with Gasteiger partial charge < -0.3 is 19.5 Å². The average Bonchev–Trinajstić information content (AvgIpc) is 3.16. The van der Waals surface area contributed by atoms with Crippen molar-refractivity contribution in [3.63, 3.8) is 0 Å². The van der Waals surface area contributed by atoms with Gasteiger partial charge in [0.2, 0.25) is 5.91 Å². The van der Waals surface area contributed by atoms with Crippen molar-refractivity contribution in [3.8, 4) is 11.5 Å². The third-order valence-corrected chi connectivity index (χ3v) is 7.92. The van der Waals surface area contributed by atoms with E-state index in [9.17, 15) is 24.3 Å². The largest absolute Gasteiger partial charge is 0.493 e. The molecular weight excluding hydrogens is 476 g/mol. The Hall–Kier alpha value is -3.88. The second-order valence-corrected chi connectivity index (χ2v) is 9.81. The fourth-order valence-corrected chi connectivity index (χ4v) is 6.00. The third-order valence-electron chi connectivity index (χ3n) is 7.92. The maximum Gasteiger partial charge on any atom is 0.307 e. The van der Waals surface area contributed by atoms with E-state index in [-0.39, 0.29) is 12.5 Å². The van der Waals surface area contributed by atoms with Crippen molar-refractivity contribution in [1.29, 1.82) is 0 Å². The second-order valence-electron chi connectivity index (χ2n) is 9.81. The zero-order valence-corrected chi connectivity index (χ0v) is 20.9. The molecule has 3 aliphatic rings. The number of ether oxygens (including phenoxy) is 2. The number of imide groups is 1. The van der Waals surface area contributed by atoms with Crippen LogP contribution in [0.15, 0.2) is 36.4 Å². The monoisotopic (exact) mass is 506 g/mol. The molecule has 1 fully saturated rings. The highest BCUT2D eigenvalue weighted by atomic mass is 16.5. The van der Waals surface area contributed by atoms with Gasteiger partial charge in [0.25, 0.3) is 11.8 Å². The number of carboxylic acids is 1. The van der Waals surface area contributed by atoms with Gasteiger partial charge >= 0.3 is 5.97 Å². The quantitative estimate of drug-likeness (QED) is 0.598. The summed E-state index contributed by atoms with van der Waals surface area (Å²) in [5.41, 5.74) is 2.37. The summed E-state index contributed by atoms with van der Waals surface area (Å²) in [6, 6.07) is 9.70. The normalized spacial score (nSPS) is 22.9. The lowest BCUT2D eigenvalue weighted by atomic mass is 9.77. The first-order valence-electron chi connectivity index (χ1n) is 12.6. The number of fused-ring (bicyclic) bond motifs is 2. The van der Waals surface area contributed by atoms with Gasteiger partial charge in [-0.05, 0) is 54.7 Å². The van der Waals surface area contributed by atoms with E-state index >= 15 is 0 Å². The summed E-state index contributed by atoms with van der Waals surface area (Å²) in [4.78, 5) is 55.2. The zero-order valence-electron chi connectivity index (χ0n) is 20.9. The molecule has 9 heteroatoms. The highest BCUT2D eigenvalue weighted by Gasteiger charge is 2.44. The SMILES string of the molecule is COc1cc2c(cc1OC)[C@@H](CN1C(=O)c3ccccc3C1=O)N(C(=O)C1CCCCC1C(=O)O)CC2. The van der Waals surface area contributed by atoms with Crippen molar-refractivity contribution in [2.45, 2.75) is 38.1 Å². The van der Waals surface area contributed by atoms with Crippen molar-refractivity contribution < 1.29 is 33.8 Å². The summed E-state index contributed by atoms with van der Waals surface area (Å²) >= 11 is 0. The number of benzene rings is 2. The topological polar surface area (TPSA) is 113 Å². The number of carbonyl (C=O) groups excluding carboxylic acids is 3. The minimum atomic E-state index is -0.959. The molecule has 3 amide bonds. The van der Waals surface area contributed by atoms with Crippen LogP contribution >= 0.6 is 0 Å². The van der Waals surface area contributed by atoms with Crippen LogP contribution in [0.2, 0.25) is 0 Å². The van der Waals surface area contributed by atoms with E-state index in [1.165, 1.54) is 12.0 Å². The molecule has 0 spiro atoms. The molecule has 1 aliphatic carbocycles. The Morgan fingerprint density at radius 3 is 2.14 bits per heavy atom. The third kappa shape index (κ3) is 4.22. The average molecular weight is 507 g/mol. The van der Waals surface area contributed by atoms with Crippen LogP contribution in [0, 0.1) is 11.8 Å². The van der Waals surface area contributed by atoms with E-state index in [1.54, 1.807) is 42.3 Å². The van der Waals surface area contributed by atoms with E-state index in [4.69, 9.17) is 9.47 Å². The van der Waals surface area contributed by atoms with Crippen LogP contribution in [-0.4, -0.2) is 65.9 Å². The van der Waals surface area contributed by atoms with Crippen LogP contribution < -0.4 is 9.47 Å². The molecule has 0 bridgehead atoms. The predicted molar refractivity (Wildman–Crippen MR) is 133 cm³/mol. The van der Waals surface area contributed by atoms with E-state index in [0.29, 0.717) is 48.4 Å². The van der Waals surface area contributed by atoms with E-state index < -0.39 is 35.7 Å². The van der Waals surface area contributed by atoms with Gasteiger partial charge in [0.15, 0.2) is 11.5 Å². The highest BCUT2D eigenvalue weighted by molar-refractivity contribution is 6.21. The summed E-state index contributed by atoms with van der Waals surface area (Å²) in [7, 11) is 3.07. The van der Waals surface area contributed by atoms with Crippen molar-refractivity contribution >= 4 is 23.7 Å². The summed E-state index contributed by atoms with van der Waals surface area (Å²) in [5, 5.41) is 9.81. The smallest absolute Gasteiger partial charge is 0.307 e. The van der Waals surface area contributed by atoms with Crippen LogP contribution in [0.4, 0.5) is 0 Å². The van der Waals surface area contributed by atoms with E-state index in [1.807, 2.05) is 6.07 Å². The van der Waals surface area contributed by atoms with Crippen LogP contribution in [0.25, 0.3) is 0 Å². The number of hydrogen-bond acceptors (Lipinski definition) is 6. The lowest BCUT2D eigenvalue weighted by Gasteiger charge is -2.42. The number of rotatable bonds is 6. The number of hydrogen-bond donors (Lipinski definition) is 1. The molecule has 2 unspecified atom stereocenters. The Morgan fingerprint density at radius 1 is 0.946 bits per heavy atom. The fourth-order valence-electron chi connectivity index (χ4n) is 6.00. The molecule has 0 radical (unpaired) electrons. The summed E-state index contributed by atoms with van der Waals surface area (Å²) in [6.45, 7) is 0.309. The molecule has 194 valence electrons. The lowest BCUT2D eigenvalue weighted by molar-refractivity contribution is -0.153.